The number of hydrogen-bond acceptors (Lipinski definition) is 2. The summed E-state index contributed by atoms with van der Waals surface area (Å²) in [5.74, 6) is 1.88. The first-order valence-corrected chi connectivity index (χ1v) is 6.85. The second-order valence-electron chi connectivity index (χ2n) is 5.68. The van der Waals surface area contributed by atoms with Gasteiger partial charge in [0.15, 0.2) is 0 Å². The molecule has 2 heteroatoms. The summed E-state index contributed by atoms with van der Waals surface area (Å²) in [6.45, 7) is 8.07. The minimum atomic E-state index is -0.310. The molecular weight excluding hydrogens is 212 g/mol. The molecule has 2 bridgehead atoms. The maximum Gasteiger partial charge on any atom is 0.311 e. The largest absolute Gasteiger partial charge is 0.466 e. The van der Waals surface area contributed by atoms with E-state index in [2.05, 4.69) is 12.2 Å². The number of carbonyl (C=O) groups is 1. The Morgan fingerprint density at radius 1 is 1.24 bits per heavy atom. The van der Waals surface area contributed by atoms with Crippen molar-refractivity contribution in [3.8, 4) is 0 Å². The topological polar surface area (TPSA) is 26.3 Å². The first kappa shape index (κ1) is 14.3. The molecule has 2 rings (SSSR count). The molecule has 2 aliphatic carbocycles. The third kappa shape index (κ3) is 4.18. The van der Waals surface area contributed by atoms with Crippen LogP contribution in [0.2, 0.25) is 0 Å². The molecule has 0 aromatic rings. The van der Waals surface area contributed by atoms with Crippen molar-refractivity contribution in [2.75, 3.05) is 6.61 Å². The molecule has 0 saturated heterocycles. The van der Waals surface area contributed by atoms with Crippen molar-refractivity contribution in [3.63, 3.8) is 0 Å². The zero-order valence-corrected chi connectivity index (χ0v) is 11.7. The van der Waals surface area contributed by atoms with Crippen molar-refractivity contribution in [3.05, 3.63) is 12.2 Å². The standard InChI is InChI=1S/C8H16O2.C7H10/c1-5-8(3,4)7(9)10-6-2;1-2-7-4-3-6(1)5-7/h5-6H2,1-4H3;1-2,6-7H,3-5H2. The summed E-state index contributed by atoms with van der Waals surface area (Å²) in [5, 5.41) is 0. The van der Waals surface area contributed by atoms with Gasteiger partial charge in [0.05, 0.1) is 12.0 Å². The van der Waals surface area contributed by atoms with Gasteiger partial charge in [0.1, 0.15) is 0 Å². The van der Waals surface area contributed by atoms with Crippen LogP contribution in [-0.4, -0.2) is 12.6 Å². The van der Waals surface area contributed by atoms with E-state index < -0.39 is 0 Å². The van der Waals surface area contributed by atoms with E-state index in [9.17, 15) is 4.79 Å². The van der Waals surface area contributed by atoms with Gasteiger partial charge < -0.3 is 4.74 Å². The SMILES string of the molecule is C1=CC2CCC1C2.CCOC(=O)C(C)(C)CC. The predicted molar refractivity (Wildman–Crippen MR) is 70.7 cm³/mol. The van der Waals surface area contributed by atoms with Gasteiger partial charge in [-0.15, -0.1) is 0 Å². The molecule has 2 atom stereocenters. The number of rotatable bonds is 3. The van der Waals surface area contributed by atoms with Gasteiger partial charge in [-0.1, -0.05) is 19.1 Å². The fourth-order valence-corrected chi connectivity index (χ4v) is 2.19. The number of allylic oxidation sites excluding steroid dienone is 2. The van der Waals surface area contributed by atoms with Crippen molar-refractivity contribution < 1.29 is 9.53 Å². The molecule has 1 fully saturated rings. The van der Waals surface area contributed by atoms with Crippen molar-refractivity contribution in [2.24, 2.45) is 17.3 Å². The fourth-order valence-electron chi connectivity index (χ4n) is 2.19. The Morgan fingerprint density at radius 3 is 2.00 bits per heavy atom. The van der Waals surface area contributed by atoms with Gasteiger partial charge >= 0.3 is 5.97 Å². The Bertz CT molecular complexity index is 267. The quantitative estimate of drug-likeness (QED) is 0.549. The van der Waals surface area contributed by atoms with Crippen molar-refractivity contribution in [1.82, 2.24) is 0 Å². The molecule has 0 spiro atoms. The molecule has 0 heterocycles. The maximum atomic E-state index is 11.1. The Balaban J connectivity index is 0.000000177. The van der Waals surface area contributed by atoms with E-state index in [1.807, 2.05) is 27.7 Å². The van der Waals surface area contributed by atoms with Crippen LogP contribution in [0.1, 0.15) is 53.4 Å². The van der Waals surface area contributed by atoms with Crippen molar-refractivity contribution in [2.45, 2.75) is 53.4 Å². The zero-order valence-electron chi connectivity index (χ0n) is 11.7. The smallest absolute Gasteiger partial charge is 0.311 e. The van der Waals surface area contributed by atoms with Crippen LogP contribution in [0.15, 0.2) is 12.2 Å². The molecule has 2 nitrogen and oxygen atoms in total. The Labute approximate surface area is 105 Å². The first-order valence-electron chi connectivity index (χ1n) is 6.85. The molecular formula is C15H26O2. The average Bonchev–Trinajstić information content (AvgIpc) is 2.94. The van der Waals surface area contributed by atoms with Crippen LogP contribution in [-0.2, 0) is 9.53 Å². The Kier molecular flexibility index (Phi) is 5.23. The van der Waals surface area contributed by atoms with Crippen molar-refractivity contribution in [1.29, 1.82) is 0 Å². The second kappa shape index (κ2) is 6.23. The second-order valence-corrected chi connectivity index (χ2v) is 5.68. The van der Waals surface area contributed by atoms with Crippen LogP contribution >= 0.6 is 0 Å². The highest BCUT2D eigenvalue weighted by Crippen LogP contribution is 2.38. The summed E-state index contributed by atoms with van der Waals surface area (Å²) in [6, 6.07) is 0. The molecule has 2 unspecified atom stereocenters. The number of carbonyl (C=O) groups excluding carboxylic acids is 1. The molecule has 0 aromatic heterocycles. The maximum absolute atomic E-state index is 11.1. The first-order chi connectivity index (χ1) is 7.99. The summed E-state index contributed by atoms with van der Waals surface area (Å²) in [4.78, 5) is 11.1. The number of ether oxygens (including phenoxy) is 1. The highest BCUT2D eigenvalue weighted by atomic mass is 16.5. The molecule has 2 aliphatic rings. The van der Waals surface area contributed by atoms with Gasteiger partial charge in [0.25, 0.3) is 0 Å². The van der Waals surface area contributed by atoms with E-state index >= 15 is 0 Å². The van der Waals surface area contributed by atoms with E-state index in [-0.39, 0.29) is 11.4 Å². The third-order valence-corrected chi connectivity index (χ3v) is 3.88. The average molecular weight is 238 g/mol. The van der Waals surface area contributed by atoms with E-state index in [0.29, 0.717) is 6.61 Å². The monoisotopic (exact) mass is 238 g/mol. The van der Waals surface area contributed by atoms with E-state index in [1.165, 1.54) is 19.3 Å². The zero-order chi connectivity index (χ0) is 12.9. The minimum Gasteiger partial charge on any atom is -0.466 e. The van der Waals surface area contributed by atoms with Crippen LogP contribution in [0, 0.1) is 17.3 Å². The number of fused-ring (bicyclic) bond motifs is 2. The van der Waals surface area contributed by atoms with Crippen LogP contribution in [0.25, 0.3) is 0 Å². The highest BCUT2D eigenvalue weighted by Gasteiger charge is 2.26. The minimum absolute atomic E-state index is 0.0995. The highest BCUT2D eigenvalue weighted by molar-refractivity contribution is 5.75. The third-order valence-electron chi connectivity index (χ3n) is 3.88. The van der Waals surface area contributed by atoms with E-state index in [0.717, 1.165) is 18.3 Å². The summed E-state index contributed by atoms with van der Waals surface area (Å²) < 4.78 is 4.86. The van der Waals surface area contributed by atoms with Crippen LogP contribution in [0.5, 0.6) is 0 Å². The number of hydrogen-bond donors (Lipinski definition) is 0. The van der Waals surface area contributed by atoms with E-state index in [1.54, 1.807) is 0 Å². The fraction of sp³-hybridized carbons (Fsp3) is 0.800. The molecule has 98 valence electrons. The lowest BCUT2D eigenvalue weighted by atomic mass is 9.91. The predicted octanol–water partition coefficient (Wildman–Crippen LogP) is 3.96. The molecule has 0 amide bonds. The molecule has 0 aromatic carbocycles. The molecule has 1 saturated carbocycles. The summed E-state index contributed by atoms with van der Waals surface area (Å²) in [5.41, 5.74) is -0.310. The lowest BCUT2D eigenvalue weighted by molar-refractivity contribution is -0.153. The Morgan fingerprint density at radius 2 is 1.76 bits per heavy atom. The Hall–Kier alpha value is -0.790. The molecule has 0 radical (unpaired) electrons. The van der Waals surface area contributed by atoms with Crippen LogP contribution in [0.3, 0.4) is 0 Å². The molecule has 17 heavy (non-hydrogen) atoms. The lowest BCUT2D eigenvalue weighted by Gasteiger charge is -2.19. The molecule has 0 aliphatic heterocycles. The van der Waals surface area contributed by atoms with Crippen molar-refractivity contribution >= 4 is 5.97 Å². The van der Waals surface area contributed by atoms with Gasteiger partial charge in [-0.05, 0) is 58.3 Å². The summed E-state index contributed by atoms with van der Waals surface area (Å²) in [6.07, 6.45) is 10.0. The lowest BCUT2D eigenvalue weighted by Crippen LogP contribution is -2.25. The summed E-state index contributed by atoms with van der Waals surface area (Å²) >= 11 is 0. The normalized spacial score (nSPS) is 25.4. The van der Waals surface area contributed by atoms with Crippen LogP contribution < -0.4 is 0 Å². The number of esters is 1. The van der Waals surface area contributed by atoms with Crippen LogP contribution in [0.4, 0.5) is 0 Å². The molecule has 0 N–H and O–H groups in total. The van der Waals surface area contributed by atoms with Gasteiger partial charge in [0, 0.05) is 0 Å². The van der Waals surface area contributed by atoms with Gasteiger partial charge in [-0.2, -0.15) is 0 Å². The summed E-state index contributed by atoms with van der Waals surface area (Å²) in [7, 11) is 0. The van der Waals surface area contributed by atoms with Gasteiger partial charge in [0.2, 0.25) is 0 Å². The van der Waals surface area contributed by atoms with Gasteiger partial charge in [-0.25, -0.2) is 0 Å². The van der Waals surface area contributed by atoms with Gasteiger partial charge in [-0.3, -0.25) is 4.79 Å². The van der Waals surface area contributed by atoms with E-state index in [4.69, 9.17) is 4.74 Å².